The number of anilines is 2. The van der Waals surface area contributed by atoms with Crippen molar-refractivity contribution in [3.8, 4) is 5.75 Å². The summed E-state index contributed by atoms with van der Waals surface area (Å²) in [5, 5.41) is 2.89. The van der Waals surface area contributed by atoms with Crippen molar-refractivity contribution in [3.05, 3.63) is 90.0 Å². The molecule has 0 fully saturated rings. The van der Waals surface area contributed by atoms with Gasteiger partial charge < -0.3 is 15.0 Å². The van der Waals surface area contributed by atoms with E-state index in [2.05, 4.69) is 5.32 Å². The summed E-state index contributed by atoms with van der Waals surface area (Å²) in [6.07, 6.45) is -0.164. The number of hydrogen-bond donors (Lipinski definition) is 1. The van der Waals surface area contributed by atoms with Crippen molar-refractivity contribution < 1.29 is 14.3 Å². The van der Waals surface area contributed by atoms with E-state index in [1.54, 1.807) is 29.2 Å². The number of hydrogen-bond acceptors (Lipinski definition) is 3. The van der Waals surface area contributed by atoms with Gasteiger partial charge in [-0.3, -0.25) is 9.59 Å². The largest absolute Gasteiger partial charge is 0.481 e. The number of carbonyl (C=O) groups is 2. The maximum atomic E-state index is 13.3. The van der Waals surface area contributed by atoms with Gasteiger partial charge >= 0.3 is 0 Å². The molecule has 5 nitrogen and oxygen atoms in total. The number of ether oxygens (including phenoxy) is 1. The van der Waals surface area contributed by atoms with Gasteiger partial charge in [0, 0.05) is 12.2 Å². The molecule has 1 N–H and O–H groups in total. The van der Waals surface area contributed by atoms with E-state index in [0.717, 1.165) is 11.3 Å². The Morgan fingerprint density at radius 1 is 0.903 bits per heavy atom. The van der Waals surface area contributed by atoms with Gasteiger partial charge in [-0.05, 0) is 56.7 Å². The number of rotatable bonds is 8. The van der Waals surface area contributed by atoms with Gasteiger partial charge in [0.2, 0.25) is 0 Å². The Kier molecular flexibility index (Phi) is 7.44. The Bertz CT molecular complexity index is 1020. The summed E-state index contributed by atoms with van der Waals surface area (Å²) in [4.78, 5) is 27.9. The van der Waals surface area contributed by atoms with Crippen LogP contribution >= 0.6 is 0 Å². The minimum Gasteiger partial charge on any atom is -0.481 e. The van der Waals surface area contributed by atoms with E-state index < -0.39 is 6.10 Å². The second kappa shape index (κ2) is 10.4. The number of carbonyl (C=O) groups excluding carboxylic acids is 2. The highest BCUT2D eigenvalue weighted by Crippen LogP contribution is 2.23. The van der Waals surface area contributed by atoms with E-state index in [9.17, 15) is 9.59 Å². The molecule has 0 aromatic heterocycles. The lowest BCUT2D eigenvalue weighted by Gasteiger charge is -2.23. The summed E-state index contributed by atoms with van der Waals surface area (Å²) in [5.41, 5.74) is 2.84. The van der Waals surface area contributed by atoms with Crippen molar-refractivity contribution >= 4 is 23.2 Å². The predicted molar refractivity (Wildman–Crippen MR) is 125 cm³/mol. The smallest absolute Gasteiger partial charge is 0.265 e. The van der Waals surface area contributed by atoms with Crippen molar-refractivity contribution in [2.45, 2.75) is 33.3 Å². The summed E-state index contributed by atoms with van der Waals surface area (Å²) < 4.78 is 5.88. The lowest BCUT2D eigenvalue weighted by molar-refractivity contribution is -0.122. The minimum atomic E-state index is -0.665. The maximum absolute atomic E-state index is 13.3. The Balaban J connectivity index is 1.79. The van der Waals surface area contributed by atoms with Gasteiger partial charge in [-0.25, -0.2) is 0 Å². The molecule has 3 aromatic rings. The maximum Gasteiger partial charge on any atom is 0.265 e. The third-order valence-corrected chi connectivity index (χ3v) is 5.01. The van der Waals surface area contributed by atoms with Gasteiger partial charge in [0.15, 0.2) is 6.10 Å². The molecule has 160 valence electrons. The molecule has 1 unspecified atom stereocenters. The lowest BCUT2D eigenvalue weighted by Crippen LogP contribution is -2.34. The van der Waals surface area contributed by atoms with Gasteiger partial charge in [0.05, 0.1) is 11.3 Å². The van der Waals surface area contributed by atoms with E-state index >= 15 is 0 Å². The second-order valence-corrected chi connectivity index (χ2v) is 7.25. The normalized spacial score (nSPS) is 11.5. The SMILES string of the molecule is CCC(Oc1ccc(C)cc1)C(=O)Nc1ccccc1C(=O)N(CC)c1ccccc1. The quantitative estimate of drug-likeness (QED) is 0.531. The molecule has 1 atom stereocenters. The predicted octanol–water partition coefficient (Wildman–Crippen LogP) is 5.46. The van der Waals surface area contributed by atoms with Gasteiger partial charge in [0.1, 0.15) is 5.75 Å². The molecule has 0 saturated heterocycles. The molecular weight excluding hydrogens is 388 g/mol. The van der Waals surface area contributed by atoms with Gasteiger partial charge in [-0.2, -0.15) is 0 Å². The summed E-state index contributed by atoms with van der Waals surface area (Å²) >= 11 is 0. The number of nitrogens with zero attached hydrogens (tertiary/aromatic N) is 1. The van der Waals surface area contributed by atoms with Crippen LogP contribution in [0.15, 0.2) is 78.9 Å². The standard InChI is InChI=1S/C26H28N2O3/c1-4-24(31-21-17-15-19(3)16-18-21)25(29)27-23-14-10-9-13-22(23)26(30)28(5-2)20-11-7-6-8-12-20/h6-18,24H,4-5H2,1-3H3,(H,27,29). The van der Waals surface area contributed by atoms with Crippen molar-refractivity contribution in [1.29, 1.82) is 0 Å². The van der Waals surface area contributed by atoms with Gasteiger partial charge in [-0.15, -0.1) is 0 Å². The first kappa shape index (κ1) is 22.1. The first-order chi connectivity index (χ1) is 15.0. The van der Waals surface area contributed by atoms with Crippen molar-refractivity contribution in [1.82, 2.24) is 0 Å². The van der Waals surface area contributed by atoms with Crippen molar-refractivity contribution in [3.63, 3.8) is 0 Å². The van der Waals surface area contributed by atoms with E-state index in [1.165, 1.54) is 0 Å². The molecule has 0 spiro atoms. The van der Waals surface area contributed by atoms with E-state index in [0.29, 0.717) is 30.0 Å². The number of amides is 2. The zero-order valence-electron chi connectivity index (χ0n) is 18.2. The molecule has 0 radical (unpaired) electrons. The number of aryl methyl sites for hydroxylation is 1. The van der Waals surface area contributed by atoms with Gasteiger partial charge in [-0.1, -0.05) is 55.0 Å². The molecule has 2 amide bonds. The first-order valence-corrected chi connectivity index (χ1v) is 10.5. The van der Waals surface area contributed by atoms with Crippen LogP contribution in [0.3, 0.4) is 0 Å². The molecule has 0 heterocycles. The molecular formula is C26H28N2O3. The topological polar surface area (TPSA) is 58.6 Å². The fourth-order valence-corrected chi connectivity index (χ4v) is 3.29. The van der Waals surface area contributed by atoms with Crippen LogP contribution in [0.25, 0.3) is 0 Å². The highest BCUT2D eigenvalue weighted by Gasteiger charge is 2.23. The number of para-hydroxylation sites is 2. The highest BCUT2D eigenvalue weighted by atomic mass is 16.5. The van der Waals surface area contributed by atoms with Crippen LogP contribution in [-0.2, 0) is 4.79 Å². The lowest BCUT2D eigenvalue weighted by atomic mass is 10.1. The Labute approximate surface area is 183 Å². The fourth-order valence-electron chi connectivity index (χ4n) is 3.29. The van der Waals surface area contributed by atoms with Gasteiger partial charge in [0.25, 0.3) is 11.8 Å². The fraction of sp³-hybridized carbons (Fsp3) is 0.231. The van der Waals surface area contributed by atoms with Crippen LogP contribution in [0.4, 0.5) is 11.4 Å². The number of nitrogens with one attached hydrogen (secondary N) is 1. The zero-order chi connectivity index (χ0) is 22.2. The Hall–Kier alpha value is -3.60. The molecule has 0 aliphatic carbocycles. The second-order valence-electron chi connectivity index (χ2n) is 7.25. The van der Waals surface area contributed by atoms with Crippen LogP contribution < -0.4 is 15.0 Å². The Morgan fingerprint density at radius 2 is 1.55 bits per heavy atom. The van der Waals surface area contributed by atoms with E-state index in [4.69, 9.17) is 4.74 Å². The average molecular weight is 417 g/mol. The minimum absolute atomic E-state index is 0.169. The summed E-state index contributed by atoms with van der Waals surface area (Å²) in [5.74, 6) is 0.182. The Morgan fingerprint density at radius 3 is 2.19 bits per heavy atom. The van der Waals surface area contributed by atoms with Crippen LogP contribution in [-0.4, -0.2) is 24.5 Å². The third-order valence-electron chi connectivity index (χ3n) is 5.01. The molecule has 3 rings (SSSR count). The summed E-state index contributed by atoms with van der Waals surface area (Å²) in [7, 11) is 0. The van der Waals surface area contributed by atoms with Crippen LogP contribution in [0, 0.1) is 6.92 Å². The molecule has 3 aromatic carbocycles. The number of benzene rings is 3. The summed E-state index contributed by atoms with van der Waals surface area (Å²) in [6.45, 7) is 6.33. The molecule has 0 saturated carbocycles. The monoisotopic (exact) mass is 416 g/mol. The zero-order valence-corrected chi connectivity index (χ0v) is 18.2. The van der Waals surface area contributed by atoms with E-state index in [1.807, 2.05) is 75.4 Å². The van der Waals surface area contributed by atoms with Crippen molar-refractivity contribution in [2.75, 3.05) is 16.8 Å². The van der Waals surface area contributed by atoms with Crippen LogP contribution in [0.5, 0.6) is 5.75 Å². The first-order valence-electron chi connectivity index (χ1n) is 10.5. The van der Waals surface area contributed by atoms with Crippen LogP contribution in [0.1, 0.15) is 36.2 Å². The van der Waals surface area contributed by atoms with Crippen LogP contribution in [0.2, 0.25) is 0 Å². The third kappa shape index (κ3) is 5.51. The average Bonchev–Trinajstić information content (AvgIpc) is 2.80. The highest BCUT2D eigenvalue weighted by molar-refractivity contribution is 6.11. The molecule has 0 aliphatic rings. The van der Waals surface area contributed by atoms with Crippen molar-refractivity contribution in [2.24, 2.45) is 0 Å². The van der Waals surface area contributed by atoms with E-state index in [-0.39, 0.29) is 11.8 Å². The molecule has 0 bridgehead atoms. The molecule has 5 heteroatoms. The molecule has 31 heavy (non-hydrogen) atoms. The molecule has 0 aliphatic heterocycles. The summed E-state index contributed by atoms with van der Waals surface area (Å²) in [6, 6.07) is 24.1.